The molecule has 0 bridgehead atoms. The van der Waals surface area contributed by atoms with Crippen molar-refractivity contribution in [1.29, 1.82) is 5.26 Å². The summed E-state index contributed by atoms with van der Waals surface area (Å²) in [6.07, 6.45) is 18.5. The zero-order chi connectivity index (χ0) is 20.9. The summed E-state index contributed by atoms with van der Waals surface area (Å²) in [4.78, 5) is 0. The second kappa shape index (κ2) is 7.99. The Morgan fingerprint density at radius 1 is 1.13 bits per heavy atom. The number of nitriles is 1. The van der Waals surface area contributed by atoms with Crippen LogP contribution in [0, 0.1) is 64.1 Å². The Bertz CT molecular complexity index is 790. The Balaban J connectivity index is 1.33. The molecule has 0 aromatic carbocycles. The average molecular weight is 408 g/mol. The molecule has 9 atom stereocenters. The van der Waals surface area contributed by atoms with Crippen LogP contribution in [0.3, 0.4) is 0 Å². The smallest absolute Gasteiger partial charge is 0.102 e. The van der Waals surface area contributed by atoms with Gasteiger partial charge in [-0.25, -0.2) is 0 Å². The van der Waals surface area contributed by atoms with Crippen molar-refractivity contribution in [3.63, 3.8) is 0 Å². The molecule has 3 unspecified atom stereocenters. The van der Waals surface area contributed by atoms with Gasteiger partial charge >= 0.3 is 0 Å². The zero-order valence-corrected chi connectivity index (χ0v) is 19.4. The third kappa shape index (κ3) is 3.25. The fourth-order valence-electron chi connectivity index (χ4n) is 9.43. The summed E-state index contributed by atoms with van der Waals surface area (Å²) in [7, 11) is 0. The molecule has 1 aromatic heterocycles. The molecule has 0 aliphatic heterocycles. The number of rotatable bonds is 4. The first-order valence-electron chi connectivity index (χ1n) is 13.0. The molecule has 1 aromatic rings. The number of nitrogens with zero attached hydrogens (tertiary/aromatic N) is 3. The van der Waals surface area contributed by atoms with Crippen LogP contribution in [0.5, 0.6) is 0 Å². The third-order valence-electron chi connectivity index (χ3n) is 10.6. The minimum atomic E-state index is 0.570. The van der Waals surface area contributed by atoms with Crippen molar-refractivity contribution >= 4 is 0 Å². The van der Waals surface area contributed by atoms with E-state index in [1.54, 1.807) is 6.20 Å². The van der Waals surface area contributed by atoms with Gasteiger partial charge in [-0.1, -0.05) is 27.2 Å². The maximum atomic E-state index is 9.13. The normalized spacial score (nSPS) is 43.9. The van der Waals surface area contributed by atoms with E-state index in [9.17, 15) is 0 Å². The lowest BCUT2D eigenvalue weighted by atomic mass is 9.48. The van der Waals surface area contributed by atoms with E-state index in [1.807, 2.05) is 10.9 Å². The summed E-state index contributed by atoms with van der Waals surface area (Å²) in [5.74, 6) is 7.58. The van der Waals surface area contributed by atoms with Gasteiger partial charge in [-0.3, -0.25) is 4.68 Å². The van der Waals surface area contributed by atoms with E-state index in [-0.39, 0.29) is 0 Å². The van der Waals surface area contributed by atoms with Crippen LogP contribution in [-0.2, 0) is 6.54 Å². The van der Waals surface area contributed by atoms with Crippen molar-refractivity contribution in [3.05, 3.63) is 18.0 Å². The second-order valence-corrected chi connectivity index (χ2v) is 11.7. The maximum absolute atomic E-state index is 9.13. The van der Waals surface area contributed by atoms with E-state index in [1.165, 1.54) is 64.2 Å². The van der Waals surface area contributed by atoms with Gasteiger partial charge in [0.2, 0.25) is 0 Å². The number of hydrogen-bond donors (Lipinski definition) is 0. The van der Waals surface area contributed by atoms with Gasteiger partial charge in [0.05, 0.1) is 11.8 Å². The van der Waals surface area contributed by atoms with Gasteiger partial charge in [-0.15, -0.1) is 0 Å². The molecule has 3 nitrogen and oxygen atoms in total. The van der Waals surface area contributed by atoms with Crippen molar-refractivity contribution in [2.75, 3.05) is 0 Å². The van der Waals surface area contributed by atoms with Crippen molar-refractivity contribution < 1.29 is 0 Å². The molecule has 0 amide bonds. The van der Waals surface area contributed by atoms with Crippen molar-refractivity contribution in [1.82, 2.24) is 9.78 Å². The Morgan fingerprint density at radius 3 is 2.73 bits per heavy atom. The molecule has 0 spiro atoms. The highest BCUT2D eigenvalue weighted by Crippen LogP contribution is 2.66. The van der Waals surface area contributed by atoms with Crippen LogP contribution in [-0.4, -0.2) is 9.78 Å². The van der Waals surface area contributed by atoms with Crippen molar-refractivity contribution in [2.45, 2.75) is 91.5 Å². The van der Waals surface area contributed by atoms with Crippen LogP contribution in [0.4, 0.5) is 0 Å². The molecule has 30 heavy (non-hydrogen) atoms. The molecule has 0 saturated heterocycles. The quantitative estimate of drug-likeness (QED) is 0.558. The van der Waals surface area contributed by atoms with E-state index in [4.69, 9.17) is 5.26 Å². The van der Waals surface area contributed by atoms with E-state index in [0.717, 1.165) is 48.0 Å². The van der Waals surface area contributed by atoms with Crippen LogP contribution >= 0.6 is 0 Å². The third-order valence-corrected chi connectivity index (χ3v) is 10.6. The summed E-state index contributed by atoms with van der Waals surface area (Å²) in [6.45, 7) is 8.42. The fourth-order valence-corrected chi connectivity index (χ4v) is 9.43. The summed E-state index contributed by atoms with van der Waals surface area (Å²) < 4.78 is 2.03. The van der Waals surface area contributed by atoms with E-state index >= 15 is 0 Å². The summed E-state index contributed by atoms with van der Waals surface area (Å²) in [5, 5.41) is 13.6. The van der Waals surface area contributed by atoms with E-state index in [2.05, 4.69) is 31.9 Å². The van der Waals surface area contributed by atoms with Crippen molar-refractivity contribution in [2.24, 2.45) is 52.8 Å². The first-order valence-corrected chi connectivity index (χ1v) is 13.0. The molecule has 1 heterocycles. The Morgan fingerprint density at radius 2 is 1.97 bits per heavy atom. The van der Waals surface area contributed by atoms with Crippen LogP contribution in [0.2, 0.25) is 0 Å². The SMILES string of the molecule is CC[C@]12CCC3[C@@H](CC[C@@H]4C[C@@H](C)CC[C@H]34)C1CCC2[C@H](C)Cn1cc(C#N)cn1. The highest BCUT2D eigenvalue weighted by molar-refractivity contribution is 5.21. The highest BCUT2D eigenvalue weighted by atomic mass is 15.3. The lowest BCUT2D eigenvalue weighted by Crippen LogP contribution is -2.50. The number of hydrogen-bond acceptors (Lipinski definition) is 2. The molecule has 4 fully saturated rings. The van der Waals surface area contributed by atoms with Gasteiger partial charge in [0.1, 0.15) is 6.07 Å². The molecule has 4 saturated carbocycles. The molecule has 0 radical (unpaired) electrons. The minimum absolute atomic E-state index is 0.570. The van der Waals surface area contributed by atoms with Gasteiger partial charge in [0, 0.05) is 12.7 Å². The Labute approximate surface area is 183 Å². The lowest BCUT2D eigenvalue weighted by Gasteiger charge is -2.57. The van der Waals surface area contributed by atoms with Gasteiger partial charge < -0.3 is 0 Å². The van der Waals surface area contributed by atoms with Gasteiger partial charge in [-0.2, -0.15) is 10.4 Å². The first-order chi connectivity index (χ1) is 14.6. The highest BCUT2D eigenvalue weighted by Gasteiger charge is 2.58. The molecule has 0 N–H and O–H groups in total. The average Bonchev–Trinajstić information content (AvgIpc) is 3.37. The molecule has 3 heteroatoms. The fraction of sp³-hybridized carbons (Fsp3) is 0.852. The predicted octanol–water partition coefficient (Wildman–Crippen LogP) is 6.69. The van der Waals surface area contributed by atoms with Gasteiger partial charge in [-0.05, 0) is 111 Å². The monoisotopic (exact) mass is 407 g/mol. The summed E-state index contributed by atoms with van der Waals surface area (Å²) in [6, 6.07) is 2.23. The summed E-state index contributed by atoms with van der Waals surface area (Å²) >= 11 is 0. The van der Waals surface area contributed by atoms with Gasteiger partial charge in [0.25, 0.3) is 0 Å². The molecule has 5 rings (SSSR count). The largest absolute Gasteiger partial charge is 0.271 e. The lowest BCUT2D eigenvalue weighted by molar-refractivity contribution is -0.0833. The minimum Gasteiger partial charge on any atom is -0.271 e. The molecular weight excluding hydrogens is 366 g/mol. The Hall–Kier alpha value is -1.30. The molecule has 4 aliphatic carbocycles. The van der Waals surface area contributed by atoms with Crippen molar-refractivity contribution in [3.8, 4) is 6.07 Å². The predicted molar refractivity (Wildman–Crippen MR) is 120 cm³/mol. The van der Waals surface area contributed by atoms with Crippen LogP contribution < -0.4 is 0 Å². The maximum Gasteiger partial charge on any atom is 0.102 e. The standard InChI is InChI=1S/C27H41N3/c1-4-27-12-11-23-22-7-5-18(2)13-21(22)6-8-24(23)26(27)10-9-25(27)19(3)16-30-17-20(14-28)15-29-30/h15,17-19,21-26H,4-13,16H2,1-3H3/t18-,19+,21+,22-,23?,24+,25?,26?,27+/m0/s1. The van der Waals surface area contributed by atoms with Crippen LogP contribution in [0.15, 0.2) is 12.4 Å². The number of aromatic nitrogens is 2. The zero-order valence-electron chi connectivity index (χ0n) is 19.4. The van der Waals surface area contributed by atoms with E-state index < -0.39 is 0 Å². The van der Waals surface area contributed by atoms with E-state index in [0.29, 0.717) is 16.9 Å². The molecule has 164 valence electrons. The first kappa shape index (κ1) is 20.6. The molecule has 4 aliphatic rings. The Kier molecular flexibility index (Phi) is 5.49. The topological polar surface area (TPSA) is 41.6 Å². The van der Waals surface area contributed by atoms with Crippen LogP contribution in [0.1, 0.15) is 90.5 Å². The second-order valence-electron chi connectivity index (χ2n) is 11.7. The number of fused-ring (bicyclic) bond motifs is 5. The molecular formula is C27H41N3. The van der Waals surface area contributed by atoms with Gasteiger partial charge in [0.15, 0.2) is 0 Å². The summed E-state index contributed by atoms with van der Waals surface area (Å²) in [5.41, 5.74) is 1.26. The van der Waals surface area contributed by atoms with Crippen LogP contribution in [0.25, 0.3) is 0 Å².